The summed E-state index contributed by atoms with van der Waals surface area (Å²) in [5.74, 6) is 0.353. The van der Waals surface area contributed by atoms with E-state index >= 15 is 0 Å². The van der Waals surface area contributed by atoms with Crippen molar-refractivity contribution in [2.45, 2.75) is 27.3 Å². The second-order valence-electron chi connectivity index (χ2n) is 3.15. The SMILES string of the molecule is C=C/C(C)=C\c1c(C)oc(=O)n1CC. The van der Waals surface area contributed by atoms with E-state index in [2.05, 4.69) is 6.58 Å². The van der Waals surface area contributed by atoms with Gasteiger partial charge in [0.1, 0.15) is 5.76 Å². The van der Waals surface area contributed by atoms with Crippen molar-refractivity contribution in [3.05, 3.63) is 40.2 Å². The van der Waals surface area contributed by atoms with Crippen LogP contribution >= 0.6 is 0 Å². The van der Waals surface area contributed by atoms with E-state index in [0.717, 1.165) is 11.3 Å². The molecule has 0 aliphatic rings. The number of hydrogen-bond acceptors (Lipinski definition) is 2. The van der Waals surface area contributed by atoms with Crippen LogP contribution in [0.4, 0.5) is 0 Å². The van der Waals surface area contributed by atoms with Crippen LogP contribution in [0.5, 0.6) is 0 Å². The molecule has 3 nitrogen and oxygen atoms in total. The van der Waals surface area contributed by atoms with Crippen molar-refractivity contribution < 1.29 is 4.42 Å². The monoisotopic (exact) mass is 193 g/mol. The lowest BCUT2D eigenvalue weighted by Gasteiger charge is -1.99. The summed E-state index contributed by atoms with van der Waals surface area (Å²) < 4.78 is 6.61. The van der Waals surface area contributed by atoms with Gasteiger partial charge in [-0.05, 0) is 32.4 Å². The molecule has 0 spiro atoms. The van der Waals surface area contributed by atoms with Crippen LogP contribution in [0.25, 0.3) is 6.08 Å². The van der Waals surface area contributed by atoms with E-state index in [1.54, 1.807) is 17.6 Å². The molecule has 0 saturated carbocycles. The molecule has 0 aliphatic heterocycles. The lowest BCUT2D eigenvalue weighted by atomic mass is 10.2. The van der Waals surface area contributed by atoms with Crippen LogP contribution in [0.3, 0.4) is 0 Å². The number of rotatable bonds is 3. The minimum Gasteiger partial charge on any atom is -0.413 e. The zero-order chi connectivity index (χ0) is 10.7. The van der Waals surface area contributed by atoms with E-state index < -0.39 is 0 Å². The number of oxazole rings is 1. The van der Waals surface area contributed by atoms with Crippen LogP contribution in [-0.2, 0) is 6.54 Å². The fraction of sp³-hybridized carbons (Fsp3) is 0.364. The maximum Gasteiger partial charge on any atom is 0.419 e. The van der Waals surface area contributed by atoms with Gasteiger partial charge in [-0.3, -0.25) is 4.57 Å². The Morgan fingerprint density at radius 2 is 2.29 bits per heavy atom. The number of aryl methyl sites for hydroxylation is 1. The molecular formula is C11H15NO2. The van der Waals surface area contributed by atoms with Gasteiger partial charge >= 0.3 is 5.76 Å². The van der Waals surface area contributed by atoms with Crippen molar-refractivity contribution in [2.24, 2.45) is 0 Å². The molecule has 0 bridgehead atoms. The van der Waals surface area contributed by atoms with Gasteiger partial charge in [0.15, 0.2) is 0 Å². The number of aromatic nitrogens is 1. The minimum absolute atomic E-state index is 0.298. The Hall–Kier alpha value is -1.51. The topological polar surface area (TPSA) is 35.1 Å². The first-order chi connectivity index (χ1) is 6.60. The second-order valence-corrected chi connectivity index (χ2v) is 3.15. The van der Waals surface area contributed by atoms with Crippen molar-refractivity contribution in [3.8, 4) is 0 Å². The average molecular weight is 193 g/mol. The zero-order valence-corrected chi connectivity index (χ0v) is 8.83. The molecule has 0 unspecified atom stereocenters. The molecule has 1 rings (SSSR count). The molecule has 0 amide bonds. The number of allylic oxidation sites excluding steroid dienone is 2. The third-order valence-corrected chi connectivity index (χ3v) is 2.11. The number of nitrogens with zero attached hydrogens (tertiary/aromatic N) is 1. The first kappa shape index (κ1) is 10.6. The predicted octanol–water partition coefficient (Wildman–Crippen LogP) is 2.36. The average Bonchev–Trinajstić information content (AvgIpc) is 2.41. The smallest absolute Gasteiger partial charge is 0.413 e. The van der Waals surface area contributed by atoms with E-state index in [4.69, 9.17) is 4.42 Å². The maximum atomic E-state index is 11.3. The first-order valence-corrected chi connectivity index (χ1v) is 4.61. The van der Waals surface area contributed by atoms with E-state index in [9.17, 15) is 4.79 Å². The standard InChI is InChI=1S/C11H15NO2/c1-5-8(3)7-10-9(4)14-11(13)12(10)6-2/h5,7H,1,6H2,2-4H3/b8-7-. The Labute approximate surface area is 83.4 Å². The largest absolute Gasteiger partial charge is 0.419 e. The van der Waals surface area contributed by atoms with Gasteiger partial charge in [0.2, 0.25) is 0 Å². The summed E-state index contributed by atoms with van der Waals surface area (Å²) >= 11 is 0. The Kier molecular flexibility index (Phi) is 3.12. The van der Waals surface area contributed by atoms with Crippen LogP contribution in [0.1, 0.15) is 25.3 Å². The lowest BCUT2D eigenvalue weighted by Crippen LogP contribution is -2.13. The van der Waals surface area contributed by atoms with E-state index in [-0.39, 0.29) is 5.76 Å². The van der Waals surface area contributed by atoms with E-state index in [0.29, 0.717) is 12.3 Å². The summed E-state index contributed by atoms with van der Waals surface area (Å²) in [6, 6.07) is 0. The van der Waals surface area contributed by atoms with Crippen molar-refractivity contribution in [1.29, 1.82) is 0 Å². The van der Waals surface area contributed by atoms with Crippen molar-refractivity contribution in [2.75, 3.05) is 0 Å². The highest BCUT2D eigenvalue weighted by atomic mass is 16.4. The Balaban J connectivity index is 3.32. The molecule has 1 aromatic heterocycles. The molecule has 0 atom stereocenters. The van der Waals surface area contributed by atoms with Crippen molar-refractivity contribution in [1.82, 2.24) is 4.57 Å². The molecule has 76 valence electrons. The summed E-state index contributed by atoms with van der Waals surface area (Å²) in [6.45, 7) is 9.92. The Morgan fingerprint density at radius 1 is 1.64 bits per heavy atom. The van der Waals surface area contributed by atoms with Crippen LogP contribution in [0, 0.1) is 6.92 Å². The lowest BCUT2D eigenvalue weighted by molar-refractivity contribution is 0.463. The highest BCUT2D eigenvalue weighted by Crippen LogP contribution is 2.11. The molecule has 0 N–H and O–H groups in total. The Bertz CT molecular complexity index is 421. The normalized spacial score (nSPS) is 11.8. The molecular weight excluding hydrogens is 178 g/mol. The molecule has 0 fully saturated rings. The van der Waals surface area contributed by atoms with E-state index in [1.165, 1.54) is 0 Å². The van der Waals surface area contributed by atoms with Gasteiger partial charge in [0, 0.05) is 6.54 Å². The van der Waals surface area contributed by atoms with Gasteiger partial charge in [0.25, 0.3) is 0 Å². The van der Waals surface area contributed by atoms with Gasteiger partial charge in [-0.25, -0.2) is 4.79 Å². The van der Waals surface area contributed by atoms with Gasteiger partial charge in [-0.15, -0.1) is 0 Å². The second kappa shape index (κ2) is 4.13. The highest BCUT2D eigenvalue weighted by molar-refractivity contribution is 5.53. The highest BCUT2D eigenvalue weighted by Gasteiger charge is 2.08. The van der Waals surface area contributed by atoms with Crippen LogP contribution in [-0.4, -0.2) is 4.57 Å². The predicted molar refractivity (Wildman–Crippen MR) is 57.2 cm³/mol. The quantitative estimate of drug-likeness (QED) is 0.691. The summed E-state index contributed by atoms with van der Waals surface area (Å²) in [5, 5.41) is 0. The fourth-order valence-corrected chi connectivity index (χ4v) is 1.28. The fourth-order valence-electron chi connectivity index (χ4n) is 1.28. The molecule has 1 aromatic rings. The summed E-state index contributed by atoms with van der Waals surface area (Å²) in [5.41, 5.74) is 1.84. The molecule has 14 heavy (non-hydrogen) atoms. The molecule has 0 aliphatic carbocycles. The van der Waals surface area contributed by atoms with Crippen molar-refractivity contribution >= 4 is 6.08 Å². The molecule has 0 aromatic carbocycles. The van der Waals surface area contributed by atoms with Gasteiger partial charge in [-0.2, -0.15) is 0 Å². The van der Waals surface area contributed by atoms with Crippen LogP contribution < -0.4 is 5.76 Å². The van der Waals surface area contributed by atoms with Gasteiger partial charge in [0.05, 0.1) is 5.69 Å². The van der Waals surface area contributed by atoms with Crippen LogP contribution in [0.15, 0.2) is 27.4 Å². The molecule has 3 heteroatoms. The molecule has 0 radical (unpaired) electrons. The summed E-state index contributed by atoms with van der Waals surface area (Å²) in [7, 11) is 0. The maximum absolute atomic E-state index is 11.3. The Morgan fingerprint density at radius 3 is 2.79 bits per heavy atom. The third kappa shape index (κ3) is 1.87. The summed E-state index contributed by atoms with van der Waals surface area (Å²) in [6.07, 6.45) is 3.65. The minimum atomic E-state index is -0.298. The van der Waals surface area contributed by atoms with Gasteiger partial charge < -0.3 is 4.42 Å². The zero-order valence-electron chi connectivity index (χ0n) is 8.83. The number of hydrogen-bond donors (Lipinski definition) is 0. The van der Waals surface area contributed by atoms with Crippen LogP contribution in [0.2, 0.25) is 0 Å². The first-order valence-electron chi connectivity index (χ1n) is 4.61. The van der Waals surface area contributed by atoms with Gasteiger partial charge in [-0.1, -0.05) is 12.7 Å². The van der Waals surface area contributed by atoms with E-state index in [1.807, 2.05) is 19.9 Å². The van der Waals surface area contributed by atoms with Crippen molar-refractivity contribution in [3.63, 3.8) is 0 Å². The third-order valence-electron chi connectivity index (χ3n) is 2.11. The molecule has 0 saturated heterocycles. The molecule has 1 heterocycles. The summed E-state index contributed by atoms with van der Waals surface area (Å²) in [4.78, 5) is 11.3.